The van der Waals surface area contributed by atoms with Crippen LogP contribution < -0.4 is 15.8 Å². The quantitative estimate of drug-likeness (QED) is 0.870. The van der Waals surface area contributed by atoms with Crippen molar-refractivity contribution in [2.45, 2.75) is 6.92 Å². The number of aromatic nitrogens is 2. The van der Waals surface area contributed by atoms with Gasteiger partial charge in [-0.15, -0.1) is 0 Å². The Balaban J connectivity index is 2.42. The summed E-state index contributed by atoms with van der Waals surface area (Å²) in [6, 6.07) is 7.45. The Morgan fingerprint density at radius 3 is 2.84 bits per heavy atom. The largest absolute Gasteiger partial charge is 0.490 e. The lowest BCUT2D eigenvalue weighted by Crippen LogP contribution is -2.03. The van der Waals surface area contributed by atoms with Crippen molar-refractivity contribution in [3.63, 3.8) is 0 Å². The Morgan fingerprint density at radius 1 is 1.37 bits per heavy atom. The summed E-state index contributed by atoms with van der Waals surface area (Å²) < 4.78 is 5.17. The summed E-state index contributed by atoms with van der Waals surface area (Å²) in [4.78, 5) is 7.95. The van der Waals surface area contributed by atoms with Gasteiger partial charge in [0.2, 0.25) is 5.75 Å². The molecule has 1 heterocycles. The van der Waals surface area contributed by atoms with Crippen LogP contribution in [0.3, 0.4) is 0 Å². The summed E-state index contributed by atoms with van der Waals surface area (Å²) in [5.74, 6) is 1.10. The van der Waals surface area contributed by atoms with Crippen molar-refractivity contribution < 1.29 is 4.74 Å². The molecule has 0 unspecified atom stereocenters. The molecule has 19 heavy (non-hydrogen) atoms. The van der Waals surface area contributed by atoms with Crippen LogP contribution in [-0.2, 0) is 0 Å². The van der Waals surface area contributed by atoms with Crippen LogP contribution in [0.4, 0.5) is 17.3 Å². The third-order valence-corrected chi connectivity index (χ3v) is 2.66. The van der Waals surface area contributed by atoms with E-state index in [0.29, 0.717) is 17.1 Å². The van der Waals surface area contributed by atoms with Crippen LogP contribution in [0.15, 0.2) is 24.5 Å². The topological polar surface area (TPSA) is 96.8 Å². The molecule has 0 radical (unpaired) electrons. The van der Waals surface area contributed by atoms with Crippen LogP contribution in [0.2, 0.25) is 0 Å². The van der Waals surface area contributed by atoms with E-state index >= 15 is 0 Å². The fourth-order valence-electron chi connectivity index (χ4n) is 1.63. The predicted molar refractivity (Wildman–Crippen MR) is 72.2 cm³/mol. The van der Waals surface area contributed by atoms with E-state index in [1.807, 2.05) is 13.0 Å². The Labute approximate surface area is 110 Å². The molecule has 0 saturated carbocycles. The minimum atomic E-state index is 0.258. The van der Waals surface area contributed by atoms with Gasteiger partial charge in [0.25, 0.3) is 0 Å². The van der Waals surface area contributed by atoms with Gasteiger partial charge in [-0.05, 0) is 24.6 Å². The molecule has 6 nitrogen and oxygen atoms in total. The maximum absolute atomic E-state index is 8.92. The van der Waals surface area contributed by atoms with E-state index in [-0.39, 0.29) is 5.82 Å². The molecule has 0 atom stereocenters. The minimum absolute atomic E-state index is 0.258. The van der Waals surface area contributed by atoms with Crippen molar-refractivity contribution in [1.29, 1.82) is 5.26 Å². The van der Waals surface area contributed by atoms with Crippen LogP contribution in [0.25, 0.3) is 0 Å². The molecule has 0 fully saturated rings. The number of nitrogens with one attached hydrogen (secondary N) is 1. The number of rotatable bonds is 3. The Kier molecular flexibility index (Phi) is 3.48. The average Bonchev–Trinajstić information content (AvgIpc) is 2.41. The summed E-state index contributed by atoms with van der Waals surface area (Å²) in [6.45, 7) is 1.93. The lowest BCUT2D eigenvalue weighted by molar-refractivity contribution is 0.415. The minimum Gasteiger partial charge on any atom is -0.490 e. The molecule has 0 bridgehead atoms. The van der Waals surface area contributed by atoms with E-state index in [4.69, 9.17) is 15.7 Å². The van der Waals surface area contributed by atoms with E-state index in [0.717, 1.165) is 11.3 Å². The highest BCUT2D eigenvalue weighted by Gasteiger charge is 2.11. The van der Waals surface area contributed by atoms with Crippen molar-refractivity contribution >= 4 is 17.3 Å². The molecule has 1 aromatic carbocycles. The number of nitrogen functional groups attached to an aromatic ring is 1. The predicted octanol–water partition coefficient (Wildman–Crippen LogP) is 1.99. The van der Waals surface area contributed by atoms with Gasteiger partial charge in [0.15, 0.2) is 11.6 Å². The molecule has 0 aliphatic rings. The zero-order valence-electron chi connectivity index (χ0n) is 10.6. The molecular weight excluding hydrogens is 242 g/mol. The van der Waals surface area contributed by atoms with Gasteiger partial charge in [-0.2, -0.15) is 5.26 Å². The van der Waals surface area contributed by atoms with Crippen molar-refractivity contribution in [1.82, 2.24) is 9.97 Å². The summed E-state index contributed by atoms with van der Waals surface area (Å²) in [5.41, 5.74) is 8.03. The number of benzene rings is 1. The average molecular weight is 255 g/mol. The number of nitriles is 1. The number of anilines is 3. The molecule has 0 spiro atoms. The van der Waals surface area contributed by atoms with Crippen LogP contribution in [0, 0.1) is 18.3 Å². The zero-order valence-corrected chi connectivity index (χ0v) is 10.6. The summed E-state index contributed by atoms with van der Waals surface area (Å²) >= 11 is 0. The fourth-order valence-corrected chi connectivity index (χ4v) is 1.63. The molecule has 96 valence electrons. The van der Waals surface area contributed by atoms with Gasteiger partial charge in [0.05, 0.1) is 18.7 Å². The summed E-state index contributed by atoms with van der Waals surface area (Å²) in [5, 5.41) is 12.0. The molecule has 0 amide bonds. The molecule has 2 rings (SSSR count). The van der Waals surface area contributed by atoms with Gasteiger partial charge in [-0.3, -0.25) is 0 Å². The number of hydrogen-bond donors (Lipinski definition) is 2. The van der Waals surface area contributed by atoms with Crippen LogP contribution in [0.5, 0.6) is 5.75 Å². The molecule has 0 saturated heterocycles. The lowest BCUT2D eigenvalue weighted by atomic mass is 10.1. The Morgan fingerprint density at radius 2 is 2.16 bits per heavy atom. The van der Waals surface area contributed by atoms with Crippen molar-refractivity contribution in [2.75, 3.05) is 18.2 Å². The fraction of sp³-hybridized carbons (Fsp3) is 0.154. The van der Waals surface area contributed by atoms with Gasteiger partial charge >= 0.3 is 0 Å². The molecule has 6 heteroatoms. The highest BCUT2D eigenvalue weighted by molar-refractivity contribution is 5.70. The molecule has 0 aliphatic heterocycles. The molecule has 1 aromatic heterocycles. The second-order valence-corrected chi connectivity index (χ2v) is 3.91. The van der Waals surface area contributed by atoms with Crippen molar-refractivity contribution in [2.24, 2.45) is 0 Å². The molecule has 0 aliphatic carbocycles. The standard InChI is InChI=1S/C13H13N5O/c1-8-3-4-9(6-14)5-10(8)18-13-11(19-2)12(15)16-7-17-13/h3-5,7H,1-2H3,(H3,15,16,17,18). The molecular formula is C13H13N5O. The first-order valence-corrected chi connectivity index (χ1v) is 5.58. The first-order chi connectivity index (χ1) is 9.15. The number of methoxy groups -OCH3 is 1. The Hall–Kier alpha value is -2.81. The highest BCUT2D eigenvalue weighted by Crippen LogP contribution is 2.30. The van der Waals surface area contributed by atoms with Gasteiger partial charge < -0.3 is 15.8 Å². The Bertz CT molecular complexity index is 648. The number of hydrogen-bond acceptors (Lipinski definition) is 6. The van der Waals surface area contributed by atoms with E-state index in [1.54, 1.807) is 12.1 Å². The smallest absolute Gasteiger partial charge is 0.204 e. The first kappa shape index (κ1) is 12.6. The van der Waals surface area contributed by atoms with Crippen LogP contribution >= 0.6 is 0 Å². The third kappa shape index (κ3) is 2.55. The van der Waals surface area contributed by atoms with E-state index in [2.05, 4.69) is 21.4 Å². The third-order valence-electron chi connectivity index (χ3n) is 2.66. The second kappa shape index (κ2) is 5.23. The monoisotopic (exact) mass is 255 g/mol. The maximum atomic E-state index is 8.92. The zero-order chi connectivity index (χ0) is 13.8. The van der Waals surface area contributed by atoms with E-state index in [9.17, 15) is 0 Å². The normalized spacial score (nSPS) is 9.74. The van der Waals surface area contributed by atoms with Crippen molar-refractivity contribution in [3.05, 3.63) is 35.7 Å². The van der Waals surface area contributed by atoms with E-state index < -0.39 is 0 Å². The summed E-state index contributed by atoms with van der Waals surface area (Å²) in [7, 11) is 1.50. The van der Waals surface area contributed by atoms with Gasteiger partial charge in [-0.25, -0.2) is 9.97 Å². The summed E-state index contributed by atoms with van der Waals surface area (Å²) in [6.07, 6.45) is 1.35. The first-order valence-electron chi connectivity index (χ1n) is 5.58. The number of nitrogens with two attached hydrogens (primary N) is 1. The lowest BCUT2D eigenvalue weighted by Gasteiger charge is -2.12. The molecule has 3 N–H and O–H groups in total. The highest BCUT2D eigenvalue weighted by atomic mass is 16.5. The SMILES string of the molecule is COc1c(N)ncnc1Nc1cc(C#N)ccc1C. The van der Waals surface area contributed by atoms with Crippen LogP contribution in [-0.4, -0.2) is 17.1 Å². The van der Waals surface area contributed by atoms with E-state index in [1.165, 1.54) is 13.4 Å². The van der Waals surface area contributed by atoms with Gasteiger partial charge in [0.1, 0.15) is 6.33 Å². The number of nitrogens with zero attached hydrogens (tertiary/aromatic N) is 3. The van der Waals surface area contributed by atoms with Crippen LogP contribution in [0.1, 0.15) is 11.1 Å². The van der Waals surface area contributed by atoms with Gasteiger partial charge in [0, 0.05) is 5.69 Å². The maximum Gasteiger partial charge on any atom is 0.204 e. The molecule has 2 aromatic rings. The van der Waals surface area contributed by atoms with Crippen molar-refractivity contribution in [3.8, 4) is 11.8 Å². The van der Waals surface area contributed by atoms with Gasteiger partial charge in [-0.1, -0.05) is 6.07 Å². The number of ether oxygens (including phenoxy) is 1. The number of aryl methyl sites for hydroxylation is 1. The second-order valence-electron chi connectivity index (χ2n) is 3.91.